The van der Waals surface area contributed by atoms with Crippen LogP contribution in [0.4, 0.5) is 0 Å². The van der Waals surface area contributed by atoms with Crippen molar-refractivity contribution >= 4 is 0 Å². The Morgan fingerprint density at radius 3 is 2.05 bits per heavy atom. The molecule has 0 bridgehead atoms. The van der Waals surface area contributed by atoms with Crippen LogP contribution in [0.15, 0.2) is 24.3 Å². The number of aliphatic hydroxyl groups is 1. The lowest BCUT2D eigenvalue weighted by atomic mass is 9.78. The highest BCUT2D eigenvalue weighted by atomic mass is 16.3. The molecule has 0 heterocycles. The fourth-order valence-electron chi connectivity index (χ4n) is 3.52. The Balaban J connectivity index is 2.20. The molecule has 2 heteroatoms. The van der Waals surface area contributed by atoms with Crippen molar-refractivity contribution in [2.75, 3.05) is 14.1 Å². The van der Waals surface area contributed by atoms with E-state index < -0.39 is 6.10 Å². The Bertz CT molecular complexity index is 416. The lowest BCUT2D eigenvalue weighted by Gasteiger charge is -2.43. The highest BCUT2D eigenvalue weighted by molar-refractivity contribution is 5.29. The van der Waals surface area contributed by atoms with Crippen molar-refractivity contribution in [3.05, 3.63) is 35.4 Å². The number of nitrogens with zero attached hydrogens (tertiary/aromatic N) is 1. The van der Waals surface area contributed by atoms with Gasteiger partial charge in [-0.1, -0.05) is 44.5 Å². The van der Waals surface area contributed by atoms with E-state index in [1.807, 2.05) is 0 Å². The summed E-state index contributed by atoms with van der Waals surface area (Å²) in [6.07, 6.45) is 5.48. The van der Waals surface area contributed by atoms with Crippen molar-refractivity contribution in [3.63, 3.8) is 0 Å². The lowest BCUT2D eigenvalue weighted by molar-refractivity contribution is -0.0149. The van der Waals surface area contributed by atoms with Gasteiger partial charge in [-0.05, 0) is 56.8 Å². The molecule has 0 saturated heterocycles. The van der Waals surface area contributed by atoms with Crippen molar-refractivity contribution < 1.29 is 5.11 Å². The van der Waals surface area contributed by atoms with Crippen LogP contribution in [-0.2, 0) is 0 Å². The second-order valence-electron chi connectivity index (χ2n) is 6.40. The molecule has 1 atom stereocenters. The van der Waals surface area contributed by atoms with Crippen molar-refractivity contribution in [2.24, 2.45) is 0 Å². The number of likely N-dealkylation sites (N-methyl/N-ethyl adjacent to an activating group) is 1. The van der Waals surface area contributed by atoms with E-state index in [4.69, 9.17) is 0 Å². The van der Waals surface area contributed by atoms with Crippen molar-refractivity contribution in [2.45, 2.75) is 63.5 Å². The van der Waals surface area contributed by atoms with E-state index in [0.717, 1.165) is 24.3 Å². The zero-order valence-corrected chi connectivity index (χ0v) is 13.4. The first-order valence-corrected chi connectivity index (χ1v) is 8.00. The topological polar surface area (TPSA) is 23.5 Å². The van der Waals surface area contributed by atoms with Crippen LogP contribution in [0.5, 0.6) is 0 Å². The number of benzene rings is 1. The van der Waals surface area contributed by atoms with E-state index in [9.17, 15) is 5.11 Å². The van der Waals surface area contributed by atoms with Gasteiger partial charge in [-0.25, -0.2) is 0 Å². The molecule has 0 spiro atoms. The van der Waals surface area contributed by atoms with Gasteiger partial charge in [0.1, 0.15) is 0 Å². The minimum atomic E-state index is -0.428. The van der Waals surface area contributed by atoms with Gasteiger partial charge in [-0.2, -0.15) is 0 Å². The molecule has 2 nitrogen and oxygen atoms in total. The number of hydrogen-bond donors (Lipinski definition) is 1. The van der Waals surface area contributed by atoms with Gasteiger partial charge in [0.2, 0.25) is 0 Å². The van der Waals surface area contributed by atoms with Crippen LogP contribution < -0.4 is 0 Å². The lowest BCUT2D eigenvalue weighted by Crippen LogP contribution is -2.48. The maximum absolute atomic E-state index is 10.9. The van der Waals surface area contributed by atoms with E-state index in [-0.39, 0.29) is 5.54 Å². The molecular weight excluding hydrogens is 246 g/mol. The molecular formula is C18H29NO. The third-order valence-electron chi connectivity index (χ3n) is 5.45. The second-order valence-corrected chi connectivity index (χ2v) is 6.40. The van der Waals surface area contributed by atoms with Crippen LogP contribution in [0.2, 0.25) is 0 Å². The third-order valence-corrected chi connectivity index (χ3v) is 5.45. The standard InChI is InChI=1S/C18H29NO/c1-5-18(6-2,19(3)4)17(20)16-12-10-15(11-13-16)14-8-7-9-14/h10-14,17,20H,5-9H2,1-4H3. The monoisotopic (exact) mass is 275 g/mol. The molecule has 0 amide bonds. The van der Waals surface area contributed by atoms with Gasteiger partial charge in [0, 0.05) is 5.54 Å². The van der Waals surface area contributed by atoms with Gasteiger partial charge in [0.25, 0.3) is 0 Å². The Kier molecular flexibility index (Phi) is 4.87. The summed E-state index contributed by atoms with van der Waals surface area (Å²) in [6.45, 7) is 4.32. The number of aliphatic hydroxyl groups excluding tert-OH is 1. The smallest absolute Gasteiger partial charge is 0.0973 e. The molecule has 0 aliphatic heterocycles. The average molecular weight is 275 g/mol. The number of rotatable bonds is 6. The summed E-state index contributed by atoms with van der Waals surface area (Å²) in [6, 6.07) is 8.69. The summed E-state index contributed by atoms with van der Waals surface area (Å²) in [5.41, 5.74) is 2.32. The second kappa shape index (κ2) is 6.28. The zero-order chi connectivity index (χ0) is 14.8. The Morgan fingerprint density at radius 2 is 1.70 bits per heavy atom. The molecule has 20 heavy (non-hydrogen) atoms. The normalized spacial score (nSPS) is 18.1. The van der Waals surface area contributed by atoms with Gasteiger partial charge < -0.3 is 10.0 Å². The largest absolute Gasteiger partial charge is 0.386 e. The predicted octanol–water partition coefficient (Wildman–Crippen LogP) is 4.11. The maximum Gasteiger partial charge on any atom is 0.0973 e. The molecule has 0 aromatic heterocycles. The van der Waals surface area contributed by atoms with Crippen LogP contribution in [0.1, 0.15) is 69.1 Å². The Labute approximate surface area is 123 Å². The molecule has 1 fully saturated rings. The minimum absolute atomic E-state index is 0.169. The van der Waals surface area contributed by atoms with E-state index in [2.05, 4.69) is 57.1 Å². The van der Waals surface area contributed by atoms with Gasteiger partial charge >= 0.3 is 0 Å². The summed E-state index contributed by atoms with van der Waals surface area (Å²) < 4.78 is 0. The van der Waals surface area contributed by atoms with Gasteiger partial charge in [-0.3, -0.25) is 0 Å². The predicted molar refractivity (Wildman–Crippen MR) is 85.0 cm³/mol. The van der Waals surface area contributed by atoms with E-state index in [1.165, 1.54) is 24.8 Å². The molecule has 2 rings (SSSR count). The first-order valence-electron chi connectivity index (χ1n) is 8.00. The summed E-state index contributed by atoms with van der Waals surface area (Å²) in [4.78, 5) is 2.18. The van der Waals surface area contributed by atoms with Crippen molar-refractivity contribution in [3.8, 4) is 0 Å². The molecule has 0 radical (unpaired) electrons. The quantitative estimate of drug-likeness (QED) is 0.844. The average Bonchev–Trinajstić information content (AvgIpc) is 2.39. The molecule has 1 unspecified atom stereocenters. The molecule has 1 aliphatic carbocycles. The maximum atomic E-state index is 10.9. The molecule has 1 aliphatic rings. The first-order chi connectivity index (χ1) is 9.55. The highest BCUT2D eigenvalue weighted by Gasteiger charge is 2.37. The minimum Gasteiger partial charge on any atom is -0.386 e. The van der Waals surface area contributed by atoms with E-state index in [1.54, 1.807) is 0 Å². The Morgan fingerprint density at radius 1 is 1.15 bits per heavy atom. The fraction of sp³-hybridized carbons (Fsp3) is 0.667. The van der Waals surface area contributed by atoms with E-state index in [0.29, 0.717) is 0 Å². The van der Waals surface area contributed by atoms with Crippen LogP contribution in [0.3, 0.4) is 0 Å². The molecule has 1 aromatic rings. The van der Waals surface area contributed by atoms with Crippen molar-refractivity contribution in [1.29, 1.82) is 0 Å². The van der Waals surface area contributed by atoms with E-state index >= 15 is 0 Å². The molecule has 1 saturated carbocycles. The summed E-state index contributed by atoms with van der Waals surface area (Å²) in [5, 5.41) is 10.9. The summed E-state index contributed by atoms with van der Waals surface area (Å²) in [7, 11) is 4.14. The van der Waals surface area contributed by atoms with Gasteiger partial charge in [-0.15, -0.1) is 0 Å². The first kappa shape index (κ1) is 15.5. The molecule has 112 valence electrons. The van der Waals surface area contributed by atoms with Gasteiger partial charge in [0.05, 0.1) is 6.10 Å². The number of hydrogen-bond acceptors (Lipinski definition) is 2. The fourth-order valence-corrected chi connectivity index (χ4v) is 3.52. The molecule has 1 N–H and O–H groups in total. The van der Waals surface area contributed by atoms with Crippen molar-refractivity contribution in [1.82, 2.24) is 4.90 Å². The third kappa shape index (κ3) is 2.64. The summed E-state index contributed by atoms with van der Waals surface area (Å²) in [5.74, 6) is 0.761. The van der Waals surface area contributed by atoms with Gasteiger partial charge in [0.15, 0.2) is 0 Å². The van der Waals surface area contributed by atoms with Crippen LogP contribution in [0.25, 0.3) is 0 Å². The van der Waals surface area contributed by atoms with Crippen LogP contribution in [-0.4, -0.2) is 29.6 Å². The Hall–Kier alpha value is -0.860. The molecule has 1 aromatic carbocycles. The highest BCUT2D eigenvalue weighted by Crippen LogP contribution is 2.39. The van der Waals surface area contributed by atoms with Crippen LogP contribution in [0, 0.1) is 0 Å². The summed E-state index contributed by atoms with van der Waals surface area (Å²) >= 11 is 0. The van der Waals surface area contributed by atoms with Crippen LogP contribution >= 0.6 is 0 Å². The zero-order valence-electron chi connectivity index (χ0n) is 13.4. The SMILES string of the molecule is CCC(CC)(C(O)c1ccc(C2CCC2)cc1)N(C)C.